The molecular formula is C14H21NO2. The summed E-state index contributed by atoms with van der Waals surface area (Å²) in [7, 11) is 0. The highest BCUT2D eigenvalue weighted by Gasteiger charge is 2.10. The van der Waals surface area contributed by atoms with Crippen molar-refractivity contribution in [2.24, 2.45) is 5.92 Å². The summed E-state index contributed by atoms with van der Waals surface area (Å²) >= 11 is 0. The molecule has 0 saturated carbocycles. The van der Waals surface area contributed by atoms with E-state index in [1.165, 1.54) is 0 Å². The summed E-state index contributed by atoms with van der Waals surface area (Å²) in [6.45, 7) is 5.11. The van der Waals surface area contributed by atoms with Gasteiger partial charge in [0.15, 0.2) is 0 Å². The molecular weight excluding hydrogens is 214 g/mol. The molecule has 1 aromatic carbocycles. The number of rotatable bonds is 7. The summed E-state index contributed by atoms with van der Waals surface area (Å²) in [5, 5.41) is 2.87. The minimum absolute atomic E-state index is 0.0942. The second kappa shape index (κ2) is 7.71. The standard InChI is InChI=1S/C14H21NO2/c1-3-7-12(2)14(16)15-10-11-17-13-8-5-4-6-9-13/h4-6,8-9,12H,3,7,10-11H2,1-2H3,(H,15,16). The van der Waals surface area contributed by atoms with E-state index in [1.807, 2.05) is 37.3 Å². The SMILES string of the molecule is CCCC(C)C(=O)NCCOc1ccccc1. The van der Waals surface area contributed by atoms with E-state index in [-0.39, 0.29) is 11.8 Å². The Morgan fingerprint density at radius 1 is 1.35 bits per heavy atom. The number of amides is 1. The summed E-state index contributed by atoms with van der Waals surface area (Å²) in [6.07, 6.45) is 1.97. The second-order valence-corrected chi connectivity index (χ2v) is 4.14. The van der Waals surface area contributed by atoms with Gasteiger partial charge in [-0.2, -0.15) is 0 Å². The topological polar surface area (TPSA) is 38.3 Å². The van der Waals surface area contributed by atoms with Crippen molar-refractivity contribution in [3.05, 3.63) is 30.3 Å². The van der Waals surface area contributed by atoms with Gasteiger partial charge in [0, 0.05) is 5.92 Å². The van der Waals surface area contributed by atoms with E-state index in [2.05, 4.69) is 12.2 Å². The average Bonchev–Trinajstić information content (AvgIpc) is 2.36. The van der Waals surface area contributed by atoms with Gasteiger partial charge in [-0.05, 0) is 18.6 Å². The van der Waals surface area contributed by atoms with E-state index >= 15 is 0 Å². The van der Waals surface area contributed by atoms with E-state index in [9.17, 15) is 4.79 Å². The second-order valence-electron chi connectivity index (χ2n) is 4.14. The number of hydrogen-bond acceptors (Lipinski definition) is 2. The fraction of sp³-hybridized carbons (Fsp3) is 0.500. The first-order chi connectivity index (χ1) is 8.24. The van der Waals surface area contributed by atoms with Crippen molar-refractivity contribution in [2.75, 3.05) is 13.2 Å². The molecule has 0 aliphatic heterocycles. The van der Waals surface area contributed by atoms with E-state index in [0.29, 0.717) is 13.2 Å². The van der Waals surface area contributed by atoms with Crippen LogP contribution in [0.5, 0.6) is 5.75 Å². The van der Waals surface area contributed by atoms with Gasteiger partial charge >= 0.3 is 0 Å². The summed E-state index contributed by atoms with van der Waals surface area (Å²) < 4.78 is 5.48. The van der Waals surface area contributed by atoms with Gasteiger partial charge < -0.3 is 10.1 Å². The predicted molar refractivity (Wildman–Crippen MR) is 69.0 cm³/mol. The molecule has 0 aliphatic carbocycles. The van der Waals surface area contributed by atoms with E-state index in [1.54, 1.807) is 0 Å². The van der Waals surface area contributed by atoms with Crippen molar-refractivity contribution in [3.63, 3.8) is 0 Å². The van der Waals surface area contributed by atoms with Crippen LogP contribution in [0.15, 0.2) is 30.3 Å². The van der Waals surface area contributed by atoms with Crippen LogP contribution in [0.1, 0.15) is 26.7 Å². The predicted octanol–water partition coefficient (Wildman–Crippen LogP) is 2.62. The number of carbonyl (C=O) groups excluding carboxylic acids is 1. The van der Waals surface area contributed by atoms with Crippen LogP contribution in [0.4, 0.5) is 0 Å². The molecule has 1 rings (SSSR count). The summed E-state index contributed by atoms with van der Waals surface area (Å²) in [5.41, 5.74) is 0. The fourth-order valence-electron chi connectivity index (χ4n) is 1.60. The zero-order chi connectivity index (χ0) is 12.5. The van der Waals surface area contributed by atoms with Crippen molar-refractivity contribution >= 4 is 5.91 Å². The van der Waals surface area contributed by atoms with Crippen molar-refractivity contribution in [3.8, 4) is 5.75 Å². The Morgan fingerprint density at radius 3 is 2.71 bits per heavy atom. The number of benzene rings is 1. The Balaban J connectivity index is 2.14. The maximum atomic E-state index is 11.6. The molecule has 1 atom stereocenters. The van der Waals surface area contributed by atoms with Crippen molar-refractivity contribution in [1.29, 1.82) is 0 Å². The third-order valence-electron chi connectivity index (χ3n) is 2.58. The molecule has 0 radical (unpaired) electrons. The van der Waals surface area contributed by atoms with Gasteiger partial charge in [0.1, 0.15) is 12.4 Å². The van der Waals surface area contributed by atoms with Gasteiger partial charge in [-0.3, -0.25) is 4.79 Å². The van der Waals surface area contributed by atoms with Crippen LogP contribution in [0.2, 0.25) is 0 Å². The number of para-hydroxylation sites is 1. The van der Waals surface area contributed by atoms with Crippen LogP contribution >= 0.6 is 0 Å². The minimum Gasteiger partial charge on any atom is -0.492 e. The van der Waals surface area contributed by atoms with E-state index < -0.39 is 0 Å². The van der Waals surface area contributed by atoms with Gasteiger partial charge in [-0.15, -0.1) is 0 Å². The highest BCUT2D eigenvalue weighted by molar-refractivity contribution is 5.78. The maximum absolute atomic E-state index is 11.6. The third-order valence-corrected chi connectivity index (χ3v) is 2.58. The van der Waals surface area contributed by atoms with Crippen LogP contribution in [0.25, 0.3) is 0 Å². The molecule has 0 fully saturated rings. The van der Waals surface area contributed by atoms with Crippen molar-refractivity contribution < 1.29 is 9.53 Å². The minimum atomic E-state index is 0.0942. The first-order valence-electron chi connectivity index (χ1n) is 6.19. The zero-order valence-electron chi connectivity index (χ0n) is 10.6. The molecule has 0 aromatic heterocycles. The maximum Gasteiger partial charge on any atom is 0.222 e. The first-order valence-corrected chi connectivity index (χ1v) is 6.19. The van der Waals surface area contributed by atoms with Gasteiger partial charge in [-0.1, -0.05) is 38.5 Å². The molecule has 1 N–H and O–H groups in total. The van der Waals surface area contributed by atoms with Gasteiger partial charge in [0.05, 0.1) is 6.54 Å². The van der Waals surface area contributed by atoms with Crippen LogP contribution in [0, 0.1) is 5.92 Å². The molecule has 3 nitrogen and oxygen atoms in total. The van der Waals surface area contributed by atoms with E-state index in [4.69, 9.17) is 4.74 Å². The highest BCUT2D eigenvalue weighted by atomic mass is 16.5. The molecule has 3 heteroatoms. The molecule has 0 saturated heterocycles. The van der Waals surface area contributed by atoms with Crippen LogP contribution in [-0.2, 0) is 4.79 Å². The summed E-state index contributed by atoms with van der Waals surface area (Å²) in [5.74, 6) is 1.04. The van der Waals surface area contributed by atoms with Gasteiger partial charge in [-0.25, -0.2) is 0 Å². The average molecular weight is 235 g/mol. The molecule has 1 amide bonds. The molecule has 94 valence electrons. The highest BCUT2D eigenvalue weighted by Crippen LogP contribution is 2.07. The number of hydrogen-bond donors (Lipinski definition) is 1. The smallest absolute Gasteiger partial charge is 0.222 e. The fourth-order valence-corrected chi connectivity index (χ4v) is 1.60. The van der Waals surface area contributed by atoms with Crippen LogP contribution in [0.3, 0.4) is 0 Å². The molecule has 0 spiro atoms. The molecule has 0 heterocycles. The Bertz CT molecular complexity index is 324. The van der Waals surface area contributed by atoms with Crippen molar-refractivity contribution in [2.45, 2.75) is 26.7 Å². The van der Waals surface area contributed by atoms with Crippen molar-refractivity contribution in [1.82, 2.24) is 5.32 Å². The number of carbonyl (C=O) groups is 1. The van der Waals surface area contributed by atoms with Gasteiger partial charge in [0.25, 0.3) is 0 Å². The van der Waals surface area contributed by atoms with Gasteiger partial charge in [0.2, 0.25) is 5.91 Å². The molecule has 1 unspecified atom stereocenters. The third kappa shape index (κ3) is 5.38. The Hall–Kier alpha value is -1.51. The normalized spacial score (nSPS) is 11.9. The molecule has 0 bridgehead atoms. The van der Waals surface area contributed by atoms with Crippen LogP contribution in [-0.4, -0.2) is 19.1 Å². The molecule has 1 aromatic rings. The lowest BCUT2D eigenvalue weighted by Gasteiger charge is -2.11. The summed E-state index contributed by atoms with van der Waals surface area (Å²) in [4.78, 5) is 11.6. The summed E-state index contributed by atoms with van der Waals surface area (Å²) in [6, 6.07) is 9.61. The van der Waals surface area contributed by atoms with E-state index in [0.717, 1.165) is 18.6 Å². The zero-order valence-corrected chi connectivity index (χ0v) is 10.6. The lowest BCUT2D eigenvalue weighted by Crippen LogP contribution is -2.32. The first kappa shape index (κ1) is 13.6. The Morgan fingerprint density at radius 2 is 2.06 bits per heavy atom. The van der Waals surface area contributed by atoms with Crippen LogP contribution < -0.4 is 10.1 Å². The lowest BCUT2D eigenvalue weighted by atomic mass is 10.1. The largest absolute Gasteiger partial charge is 0.492 e. The monoisotopic (exact) mass is 235 g/mol. The molecule has 0 aliphatic rings. The quantitative estimate of drug-likeness (QED) is 0.738. The molecule has 17 heavy (non-hydrogen) atoms. The Kier molecular flexibility index (Phi) is 6.15. The lowest BCUT2D eigenvalue weighted by molar-refractivity contribution is -0.124. The number of ether oxygens (including phenoxy) is 1. The number of nitrogens with one attached hydrogen (secondary N) is 1. The Labute approximate surface area is 103 Å².